The largest absolute Gasteiger partial charge is 0.377 e. The predicted octanol–water partition coefficient (Wildman–Crippen LogP) is 1.05. The predicted molar refractivity (Wildman–Crippen MR) is 64.1 cm³/mol. The van der Waals surface area contributed by atoms with Gasteiger partial charge in [-0.3, -0.25) is 4.79 Å². The van der Waals surface area contributed by atoms with Crippen molar-refractivity contribution in [2.24, 2.45) is 11.1 Å². The van der Waals surface area contributed by atoms with Crippen LogP contribution in [0.2, 0.25) is 0 Å². The molecule has 1 fully saturated rings. The summed E-state index contributed by atoms with van der Waals surface area (Å²) in [6.45, 7) is 5.78. The smallest absolute Gasteiger partial charge is 0.220 e. The molecule has 94 valence electrons. The zero-order valence-electron chi connectivity index (χ0n) is 10.4. The Kier molecular flexibility index (Phi) is 5.22. The van der Waals surface area contributed by atoms with E-state index in [9.17, 15) is 4.79 Å². The van der Waals surface area contributed by atoms with E-state index in [0.717, 1.165) is 12.8 Å². The molecule has 3 N–H and O–H groups in total. The molecule has 0 unspecified atom stereocenters. The van der Waals surface area contributed by atoms with Gasteiger partial charge in [-0.05, 0) is 38.6 Å². The van der Waals surface area contributed by atoms with Crippen molar-refractivity contribution in [3.8, 4) is 0 Å². The topological polar surface area (TPSA) is 64.3 Å². The molecule has 0 aliphatic heterocycles. The van der Waals surface area contributed by atoms with Crippen molar-refractivity contribution in [1.82, 2.24) is 5.32 Å². The fourth-order valence-electron chi connectivity index (χ4n) is 2.02. The quantitative estimate of drug-likeness (QED) is 0.640. The maximum atomic E-state index is 11.6. The maximum Gasteiger partial charge on any atom is 0.220 e. The van der Waals surface area contributed by atoms with Gasteiger partial charge in [0.05, 0.1) is 12.7 Å². The highest BCUT2D eigenvalue weighted by molar-refractivity contribution is 5.76. The lowest BCUT2D eigenvalue weighted by atomic mass is 9.66. The van der Waals surface area contributed by atoms with E-state index in [-0.39, 0.29) is 17.4 Å². The molecule has 0 saturated heterocycles. The van der Waals surface area contributed by atoms with Gasteiger partial charge in [-0.2, -0.15) is 0 Å². The van der Waals surface area contributed by atoms with E-state index in [2.05, 4.69) is 5.32 Å². The average Bonchev–Trinajstić information content (AvgIpc) is 2.18. The summed E-state index contributed by atoms with van der Waals surface area (Å²) in [4.78, 5) is 11.6. The van der Waals surface area contributed by atoms with E-state index in [4.69, 9.17) is 10.5 Å². The average molecular weight is 228 g/mol. The van der Waals surface area contributed by atoms with Crippen LogP contribution in [0.1, 0.15) is 39.5 Å². The van der Waals surface area contributed by atoms with Crippen LogP contribution < -0.4 is 11.1 Å². The van der Waals surface area contributed by atoms with E-state index < -0.39 is 0 Å². The first kappa shape index (κ1) is 13.5. The van der Waals surface area contributed by atoms with Crippen LogP contribution in [-0.2, 0) is 9.53 Å². The first-order valence-electron chi connectivity index (χ1n) is 6.16. The molecule has 1 rings (SSSR count). The van der Waals surface area contributed by atoms with Gasteiger partial charge in [-0.15, -0.1) is 0 Å². The second-order valence-electron chi connectivity index (χ2n) is 5.00. The number of ether oxygens (including phenoxy) is 1. The fraction of sp³-hybridized carbons (Fsp3) is 0.917. The van der Waals surface area contributed by atoms with Gasteiger partial charge < -0.3 is 15.8 Å². The number of nitrogens with two attached hydrogens (primary N) is 1. The first-order valence-corrected chi connectivity index (χ1v) is 6.16. The maximum absolute atomic E-state index is 11.6. The van der Waals surface area contributed by atoms with Crippen LogP contribution in [0.15, 0.2) is 0 Å². The Labute approximate surface area is 97.9 Å². The fourth-order valence-corrected chi connectivity index (χ4v) is 2.02. The Morgan fingerprint density at radius 1 is 1.50 bits per heavy atom. The molecule has 0 spiro atoms. The molecule has 0 aromatic carbocycles. The minimum absolute atomic E-state index is 0.100. The van der Waals surface area contributed by atoms with E-state index in [0.29, 0.717) is 26.1 Å². The number of hydrogen-bond donors (Lipinski definition) is 2. The molecule has 0 radical (unpaired) electrons. The summed E-state index contributed by atoms with van der Waals surface area (Å²) in [6, 6.07) is 0. The molecule has 4 nitrogen and oxygen atoms in total. The summed E-state index contributed by atoms with van der Waals surface area (Å²) >= 11 is 0. The van der Waals surface area contributed by atoms with Gasteiger partial charge in [-0.1, -0.05) is 6.42 Å². The minimum atomic E-state index is 0.100. The summed E-state index contributed by atoms with van der Waals surface area (Å²) in [7, 11) is 0. The molecule has 1 amide bonds. The monoisotopic (exact) mass is 228 g/mol. The molecule has 1 aliphatic rings. The lowest BCUT2D eigenvalue weighted by molar-refractivity contribution is -0.125. The highest BCUT2D eigenvalue weighted by Gasteiger charge is 2.37. The van der Waals surface area contributed by atoms with Gasteiger partial charge in [0.25, 0.3) is 0 Å². The molecule has 1 saturated carbocycles. The number of rotatable bonds is 7. The minimum Gasteiger partial charge on any atom is -0.377 e. The second kappa shape index (κ2) is 6.21. The van der Waals surface area contributed by atoms with Crippen LogP contribution in [-0.4, -0.2) is 31.7 Å². The van der Waals surface area contributed by atoms with Crippen molar-refractivity contribution in [3.63, 3.8) is 0 Å². The summed E-state index contributed by atoms with van der Waals surface area (Å²) in [5.74, 6) is 0.109. The first-order chi connectivity index (χ1) is 7.58. The third kappa shape index (κ3) is 4.10. The normalized spacial score (nSPS) is 18.2. The van der Waals surface area contributed by atoms with Gasteiger partial charge in [0.1, 0.15) is 0 Å². The Morgan fingerprint density at radius 2 is 2.19 bits per heavy atom. The highest BCUT2D eigenvalue weighted by atomic mass is 16.5. The van der Waals surface area contributed by atoms with E-state index in [1.165, 1.54) is 6.42 Å². The van der Waals surface area contributed by atoms with Crippen LogP contribution in [0.25, 0.3) is 0 Å². The Morgan fingerprint density at radius 3 is 2.62 bits per heavy atom. The Balaban J connectivity index is 2.11. The Hall–Kier alpha value is -0.610. The van der Waals surface area contributed by atoms with Crippen molar-refractivity contribution < 1.29 is 9.53 Å². The van der Waals surface area contributed by atoms with Gasteiger partial charge in [-0.25, -0.2) is 0 Å². The molecule has 0 atom stereocenters. The van der Waals surface area contributed by atoms with E-state index in [1.807, 2.05) is 13.8 Å². The molecule has 0 bridgehead atoms. The van der Waals surface area contributed by atoms with Gasteiger partial charge in [0, 0.05) is 13.0 Å². The zero-order chi connectivity index (χ0) is 12.0. The zero-order valence-corrected chi connectivity index (χ0v) is 10.4. The van der Waals surface area contributed by atoms with E-state index in [1.54, 1.807) is 0 Å². The standard InChI is InChI=1S/C12H24N2O2/c1-10(2)16-7-6-14-11(15)8-12(9-13)4-3-5-12/h10H,3-9,13H2,1-2H3,(H,14,15). The number of hydrogen-bond acceptors (Lipinski definition) is 3. The molecular formula is C12H24N2O2. The SMILES string of the molecule is CC(C)OCCNC(=O)CC1(CN)CCC1. The highest BCUT2D eigenvalue weighted by Crippen LogP contribution is 2.42. The van der Waals surface area contributed by atoms with Gasteiger partial charge in [0.15, 0.2) is 0 Å². The molecule has 0 aromatic rings. The number of carbonyl (C=O) groups excluding carboxylic acids is 1. The molecular weight excluding hydrogens is 204 g/mol. The molecule has 0 aromatic heterocycles. The van der Waals surface area contributed by atoms with Crippen LogP contribution in [0, 0.1) is 5.41 Å². The van der Waals surface area contributed by atoms with Crippen molar-refractivity contribution >= 4 is 5.91 Å². The van der Waals surface area contributed by atoms with Crippen molar-refractivity contribution in [2.75, 3.05) is 19.7 Å². The second-order valence-corrected chi connectivity index (χ2v) is 5.00. The summed E-state index contributed by atoms with van der Waals surface area (Å²) in [6.07, 6.45) is 4.20. The molecule has 4 heteroatoms. The van der Waals surface area contributed by atoms with Crippen LogP contribution in [0.4, 0.5) is 0 Å². The van der Waals surface area contributed by atoms with Gasteiger partial charge >= 0.3 is 0 Å². The van der Waals surface area contributed by atoms with Crippen LogP contribution in [0.5, 0.6) is 0 Å². The van der Waals surface area contributed by atoms with E-state index >= 15 is 0 Å². The summed E-state index contributed by atoms with van der Waals surface area (Å²) in [5.41, 5.74) is 5.81. The van der Waals surface area contributed by atoms with Crippen molar-refractivity contribution in [3.05, 3.63) is 0 Å². The lowest BCUT2D eigenvalue weighted by Crippen LogP contribution is -2.42. The van der Waals surface area contributed by atoms with Crippen molar-refractivity contribution in [1.29, 1.82) is 0 Å². The number of amides is 1. The summed E-state index contributed by atoms with van der Waals surface area (Å²) < 4.78 is 5.35. The third-order valence-corrected chi connectivity index (χ3v) is 3.26. The third-order valence-electron chi connectivity index (χ3n) is 3.26. The molecule has 1 aliphatic carbocycles. The van der Waals surface area contributed by atoms with Crippen LogP contribution >= 0.6 is 0 Å². The molecule has 16 heavy (non-hydrogen) atoms. The van der Waals surface area contributed by atoms with Crippen LogP contribution in [0.3, 0.4) is 0 Å². The Bertz CT molecular complexity index is 220. The summed E-state index contributed by atoms with van der Waals surface area (Å²) in [5, 5.41) is 2.88. The molecule has 0 heterocycles. The number of nitrogens with one attached hydrogen (secondary N) is 1. The van der Waals surface area contributed by atoms with Crippen molar-refractivity contribution in [2.45, 2.75) is 45.6 Å². The lowest BCUT2D eigenvalue weighted by Gasteiger charge is -2.40. The number of carbonyl (C=O) groups is 1. The van der Waals surface area contributed by atoms with Gasteiger partial charge in [0.2, 0.25) is 5.91 Å².